The summed E-state index contributed by atoms with van der Waals surface area (Å²) in [6.07, 6.45) is 4.13. The number of para-hydroxylation sites is 1. The Morgan fingerprint density at radius 2 is 1.59 bits per heavy atom. The Labute approximate surface area is 102 Å². The zero-order chi connectivity index (χ0) is 11.9. The SMILES string of the molecule is [CH2]COc1ccccc1C=Cc1ccccc1. The molecule has 0 aromatic heterocycles. The predicted octanol–water partition coefficient (Wildman–Crippen LogP) is 4.07. The van der Waals surface area contributed by atoms with Gasteiger partial charge < -0.3 is 4.74 Å². The van der Waals surface area contributed by atoms with Gasteiger partial charge in [0.25, 0.3) is 0 Å². The first-order valence-electron chi connectivity index (χ1n) is 5.64. The predicted molar refractivity (Wildman–Crippen MR) is 72.7 cm³/mol. The Kier molecular flexibility index (Phi) is 3.98. The van der Waals surface area contributed by atoms with Crippen LogP contribution in [0.5, 0.6) is 5.75 Å². The summed E-state index contributed by atoms with van der Waals surface area (Å²) in [5, 5.41) is 0. The maximum absolute atomic E-state index is 5.46. The highest BCUT2D eigenvalue weighted by molar-refractivity contribution is 5.72. The lowest BCUT2D eigenvalue weighted by Crippen LogP contribution is -1.93. The minimum absolute atomic E-state index is 0.441. The van der Waals surface area contributed by atoms with Crippen LogP contribution in [0.25, 0.3) is 12.2 Å². The van der Waals surface area contributed by atoms with Crippen LogP contribution in [0, 0.1) is 6.92 Å². The van der Waals surface area contributed by atoms with E-state index in [2.05, 4.69) is 31.2 Å². The van der Waals surface area contributed by atoms with E-state index in [-0.39, 0.29) is 0 Å². The van der Waals surface area contributed by atoms with E-state index in [0.717, 1.165) is 11.3 Å². The van der Waals surface area contributed by atoms with E-state index >= 15 is 0 Å². The lowest BCUT2D eigenvalue weighted by molar-refractivity contribution is 0.360. The van der Waals surface area contributed by atoms with Gasteiger partial charge in [-0.15, -0.1) is 0 Å². The van der Waals surface area contributed by atoms with E-state index in [0.29, 0.717) is 6.61 Å². The summed E-state index contributed by atoms with van der Waals surface area (Å²) in [6, 6.07) is 18.2. The summed E-state index contributed by atoms with van der Waals surface area (Å²) in [6.45, 7) is 4.13. The Hall–Kier alpha value is -2.02. The van der Waals surface area contributed by atoms with E-state index in [1.807, 2.05) is 42.5 Å². The minimum Gasteiger partial charge on any atom is -0.493 e. The first-order valence-corrected chi connectivity index (χ1v) is 5.64. The fraction of sp³-hybridized carbons (Fsp3) is 0.0625. The lowest BCUT2D eigenvalue weighted by atomic mass is 10.1. The van der Waals surface area contributed by atoms with Crippen LogP contribution in [0.4, 0.5) is 0 Å². The van der Waals surface area contributed by atoms with Crippen molar-refractivity contribution in [2.75, 3.05) is 6.61 Å². The van der Waals surface area contributed by atoms with Gasteiger partial charge in [0.2, 0.25) is 0 Å². The standard InChI is InChI=1S/C16H15O/c1-2-17-16-11-7-6-10-15(16)13-12-14-8-4-3-5-9-14/h3-13H,1-2H2. The van der Waals surface area contributed by atoms with Crippen LogP contribution >= 0.6 is 0 Å². The van der Waals surface area contributed by atoms with Crippen LogP contribution in [0.3, 0.4) is 0 Å². The molecule has 0 aliphatic rings. The third kappa shape index (κ3) is 3.22. The molecule has 2 aromatic rings. The molecule has 0 unspecified atom stereocenters. The molecule has 1 heteroatoms. The van der Waals surface area contributed by atoms with E-state index < -0.39 is 0 Å². The monoisotopic (exact) mass is 223 g/mol. The van der Waals surface area contributed by atoms with Crippen LogP contribution in [-0.2, 0) is 0 Å². The molecule has 2 rings (SSSR count). The van der Waals surface area contributed by atoms with E-state index in [1.54, 1.807) is 0 Å². The zero-order valence-corrected chi connectivity index (χ0v) is 9.67. The van der Waals surface area contributed by atoms with Crippen molar-refractivity contribution in [3.63, 3.8) is 0 Å². The van der Waals surface area contributed by atoms with Gasteiger partial charge in [0.1, 0.15) is 5.75 Å². The normalized spacial score (nSPS) is 10.6. The Bertz CT molecular complexity index is 486. The van der Waals surface area contributed by atoms with Crippen LogP contribution in [0.15, 0.2) is 54.6 Å². The topological polar surface area (TPSA) is 9.23 Å². The molecule has 17 heavy (non-hydrogen) atoms. The first-order chi connectivity index (χ1) is 8.40. The van der Waals surface area contributed by atoms with Crippen molar-refractivity contribution in [1.29, 1.82) is 0 Å². The van der Waals surface area contributed by atoms with Gasteiger partial charge >= 0.3 is 0 Å². The second-order valence-electron chi connectivity index (χ2n) is 3.63. The van der Waals surface area contributed by atoms with Gasteiger partial charge in [-0.3, -0.25) is 0 Å². The highest BCUT2D eigenvalue weighted by atomic mass is 16.5. The smallest absolute Gasteiger partial charge is 0.126 e. The highest BCUT2D eigenvalue weighted by Crippen LogP contribution is 2.20. The van der Waals surface area contributed by atoms with Gasteiger partial charge in [-0.2, -0.15) is 0 Å². The van der Waals surface area contributed by atoms with Crippen molar-refractivity contribution < 1.29 is 4.74 Å². The van der Waals surface area contributed by atoms with Crippen molar-refractivity contribution in [2.24, 2.45) is 0 Å². The fourth-order valence-electron chi connectivity index (χ4n) is 1.61. The van der Waals surface area contributed by atoms with Gasteiger partial charge in [0.15, 0.2) is 0 Å². The van der Waals surface area contributed by atoms with Crippen LogP contribution < -0.4 is 4.74 Å². The van der Waals surface area contributed by atoms with Gasteiger partial charge in [-0.1, -0.05) is 60.7 Å². The molecule has 85 valence electrons. The molecule has 0 saturated heterocycles. The lowest BCUT2D eigenvalue weighted by Gasteiger charge is -2.06. The Morgan fingerprint density at radius 1 is 0.882 bits per heavy atom. The van der Waals surface area contributed by atoms with E-state index in [1.165, 1.54) is 5.56 Å². The Morgan fingerprint density at radius 3 is 2.35 bits per heavy atom. The van der Waals surface area contributed by atoms with Crippen molar-refractivity contribution in [2.45, 2.75) is 0 Å². The average molecular weight is 223 g/mol. The van der Waals surface area contributed by atoms with Crippen LogP contribution in [0.2, 0.25) is 0 Å². The maximum atomic E-state index is 5.46. The summed E-state index contributed by atoms with van der Waals surface area (Å²) in [5.41, 5.74) is 2.25. The molecular formula is C16H15O. The number of ether oxygens (including phenoxy) is 1. The molecule has 1 radical (unpaired) electrons. The molecule has 0 heterocycles. The third-order valence-electron chi connectivity index (χ3n) is 2.43. The largest absolute Gasteiger partial charge is 0.493 e. The Balaban J connectivity index is 2.21. The fourth-order valence-corrected chi connectivity index (χ4v) is 1.61. The van der Waals surface area contributed by atoms with E-state index in [4.69, 9.17) is 4.74 Å². The zero-order valence-electron chi connectivity index (χ0n) is 9.67. The summed E-state index contributed by atoms with van der Waals surface area (Å²) >= 11 is 0. The molecule has 0 fully saturated rings. The van der Waals surface area contributed by atoms with Gasteiger partial charge in [-0.05, 0) is 18.6 Å². The van der Waals surface area contributed by atoms with Crippen molar-refractivity contribution in [3.8, 4) is 5.75 Å². The van der Waals surface area contributed by atoms with Gasteiger partial charge in [-0.25, -0.2) is 0 Å². The first kappa shape index (κ1) is 11.5. The highest BCUT2D eigenvalue weighted by Gasteiger charge is 1.97. The molecule has 0 aliphatic carbocycles. The molecular weight excluding hydrogens is 208 g/mol. The summed E-state index contributed by atoms with van der Waals surface area (Å²) in [4.78, 5) is 0. The summed E-state index contributed by atoms with van der Waals surface area (Å²) in [5.74, 6) is 0.870. The molecule has 1 nitrogen and oxygen atoms in total. The number of hydrogen-bond acceptors (Lipinski definition) is 1. The maximum Gasteiger partial charge on any atom is 0.126 e. The molecule has 0 atom stereocenters. The molecule has 0 aliphatic heterocycles. The molecule has 2 aromatic carbocycles. The minimum atomic E-state index is 0.441. The number of benzene rings is 2. The van der Waals surface area contributed by atoms with Gasteiger partial charge in [0, 0.05) is 5.56 Å². The summed E-state index contributed by atoms with van der Waals surface area (Å²) in [7, 11) is 0. The molecule has 0 amide bonds. The van der Waals surface area contributed by atoms with Crippen molar-refractivity contribution >= 4 is 12.2 Å². The van der Waals surface area contributed by atoms with Crippen molar-refractivity contribution in [1.82, 2.24) is 0 Å². The number of hydrogen-bond donors (Lipinski definition) is 0. The quantitative estimate of drug-likeness (QED) is 0.710. The molecule has 0 saturated carbocycles. The summed E-state index contributed by atoms with van der Waals surface area (Å²) < 4.78 is 5.46. The molecule has 0 spiro atoms. The second-order valence-corrected chi connectivity index (χ2v) is 3.63. The molecule has 0 bridgehead atoms. The average Bonchev–Trinajstić information content (AvgIpc) is 2.39. The van der Waals surface area contributed by atoms with Crippen LogP contribution in [-0.4, -0.2) is 6.61 Å². The van der Waals surface area contributed by atoms with Gasteiger partial charge in [0.05, 0.1) is 6.61 Å². The number of rotatable bonds is 4. The third-order valence-corrected chi connectivity index (χ3v) is 2.43. The van der Waals surface area contributed by atoms with E-state index in [9.17, 15) is 0 Å². The second kappa shape index (κ2) is 5.90. The van der Waals surface area contributed by atoms with Crippen molar-refractivity contribution in [3.05, 3.63) is 72.6 Å². The van der Waals surface area contributed by atoms with Crippen LogP contribution in [0.1, 0.15) is 11.1 Å². The molecule has 0 N–H and O–H groups in total.